The van der Waals surface area contributed by atoms with Crippen molar-refractivity contribution in [3.63, 3.8) is 0 Å². The number of hydrogen-bond acceptors (Lipinski definition) is 7. The molecule has 1 saturated carbocycles. The van der Waals surface area contributed by atoms with E-state index in [4.69, 9.17) is 9.47 Å². The third-order valence-corrected chi connectivity index (χ3v) is 6.81. The van der Waals surface area contributed by atoms with Gasteiger partial charge in [0.25, 0.3) is 0 Å². The van der Waals surface area contributed by atoms with Crippen LogP contribution in [0.5, 0.6) is 5.75 Å². The Hall–Kier alpha value is -2.00. The highest BCUT2D eigenvalue weighted by Crippen LogP contribution is 2.33. The predicted octanol–water partition coefficient (Wildman–Crippen LogP) is 1.78. The zero-order chi connectivity index (χ0) is 23.5. The standard InChI is InChI=1S/C26H34O7/c1-15-5-8-17(26-25(31)24(30)23(29)22(14-27)33-26)12-18(15)11-16-6-9-20(10-7-16)32-21-4-2-3-19(28)13-21/h5-10,12,19,21-31H,2-4,11,13-14H2,1H3/t19-,21-,22-,23-,24+,25-,26+/m1/s1. The minimum atomic E-state index is -1.40. The Labute approximate surface area is 194 Å². The Bertz CT molecular complexity index is 913. The van der Waals surface area contributed by atoms with Gasteiger partial charge in [-0.05, 0) is 67.0 Å². The highest BCUT2D eigenvalue weighted by molar-refractivity contribution is 5.38. The van der Waals surface area contributed by atoms with Crippen LogP contribution in [0, 0.1) is 6.92 Å². The van der Waals surface area contributed by atoms with E-state index in [1.807, 2.05) is 49.4 Å². The molecule has 0 unspecified atom stereocenters. The number of aliphatic hydroxyl groups excluding tert-OH is 5. The van der Waals surface area contributed by atoms with Crippen molar-refractivity contribution in [2.45, 2.75) is 81.8 Å². The van der Waals surface area contributed by atoms with Crippen LogP contribution in [0.4, 0.5) is 0 Å². The van der Waals surface area contributed by atoms with Gasteiger partial charge >= 0.3 is 0 Å². The summed E-state index contributed by atoms with van der Waals surface area (Å²) in [5.74, 6) is 0.796. The van der Waals surface area contributed by atoms with Gasteiger partial charge in [0.1, 0.15) is 42.4 Å². The molecule has 4 rings (SSSR count). The molecule has 2 aromatic rings. The molecule has 0 aromatic heterocycles. The molecule has 33 heavy (non-hydrogen) atoms. The second-order valence-electron chi connectivity index (χ2n) is 9.32. The van der Waals surface area contributed by atoms with Crippen molar-refractivity contribution in [3.05, 3.63) is 64.7 Å². The topological polar surface area (TPSA) is 120 Å². The van der Waals surface area contributed by atoms with Gasteiger partial charge in [-0.3, -0.25) is 0 Å². The molecule has 7 heteroatoms. The third kappa shape index (κ3) is 5.57. The van der Waals surface area contributed by atoms with Crippen molar-refractivity contribution in [2.24, 2.45) is 0 Å². The zero-order valence-corrected chi connectivity index (χ0v) is 18.9. The second kappa shape index (κ2) is 10.5. The third-order valence-electron chi connectivity index (χ3n) is 6.81. The highest BCUT2D eigenvalue weighted by Gasteiger charge is 2.44. The fourth-order valence-corrected chi connectivity index (χ4v) is 4.76. The molecule has 7 atom stereocenters. The van der Waals surface area contributed by atoms with Crippen LogP contribution in [0.25, 0.3) is 0 Å². The van der Waals surface area contributed by atoms with E-state index in [1.54, 1.807) is 0 Å². The smallest absolute Gasteiger partial charge is 0.119 e. The van der Waals surface area contributed by atoms with Crippen LogP contribution in [0.3, 0.4) is 0 Å². The summed E-state index contributed by atoms with van der Waals surface area (Å²) in [6.07, 6.45) is -1.95. The molecule has 1 aliphatic heterocycles. The first-order chi connectivity index (χ1) is 15.9. The van der Waals surface area contributed by atoms with Crippen LogP contribution in [0.15, 0.2) is 42.5 Å². The van der Waals surface area contributed by atoms with Gasteiger partial charge in [-0.2, -0.15) is 0 Å². The summed E-state index contributed by atoms with van der Waals surface area (Å²) in [6, 6.07) is 13.7. The molecule has 2 aromatic carbocycles. The monoisotopic (exact) mass is 458 g/mol. The fraction of sp³-hybridized carbons (Fsp3) is 0.538. The molecule has 0 radical (unpaired) electrons. The number of rotatable bonds is 6. The second-order valence-corrected chi connectivity index (χ2v) is 9.32. The predicted molar refractivity (Wildman–Crippen MR) is 122 cm³/mol. The average Bonchev–Trinajstić information content (AvgIpc) is 2.81. The molecule has 2 aliphatic rings. The van der Waals surface area contributed by atoms with Crippen molar-refractivity contribution in [1.29, 1.82) is 0 Å². The van der Waals surface area contributed by atoms with Crippen LogP contribution in [0.2, 0.25) is 0 Å². The minimum absolute atomic E-state index is 0.0528. The first-order valence-electron chi connectivity index (χ1n) is 11.7. The van der Waals surface area contributed by atoms with E-state index < -0.39 is 37.1 Å². The van der Waals surface area contributed by atoms with Gasteiger partial charge < -0.3 is 35.0 Å². The lowest BCUT2D eigenvalue weighted by Gasteiger charge is -2.40. The van der Waals surface area contributed by atoms with Crippen LogP contribution < -0.4 is 4.74 Å². The fourth-order valence-electron chi connectivity index (χ4n) is 4.76. The van der Waals surface area contributed by atoms with Gasteiger partial charge in [-0.15, -0.1) is 0 Å². The zero-order valence-electron chi connectivity index (χ0n) is 18.9. The molecule has 180 valence electrons. The number of ether oxygens (including phenoxy) is 2. The number of benzene rings is 2. The van der Waals surface area contributed by atoms with E-state index in [9.17, 15) is 25.5 Å². The number of aliphatic hydroxyl groups is 5. The Morgan fingerprint density at radius 2 is 1.70 bits per heavy atom. The summed E-state index contributed by atoms with van der Waals surface area (Å²) in [5.41, 5.74) is 3.91. The van der Waals surface area contributed by atoms with Gasteiger partial charge in [0.05, 0.1) is 12.7 Å². The maximum absolute atomic E-state index is 10.5. The first kappa shape index (κ1) is 24.1. The molecule has 0 amide bonds. The molecule has 2 fully saturated rings. The van der Waals surface area contributed by atoms with Crippen LogP contribution >= 0.6 is 0 Å². The van der Waals surface area contributed by atoms with Crippen molar-refractivity contribution in [2.75, 3.05) is 6.61 Å². The molecule has 1 saturated heterocycles. The highest BCUT2D eigenvalue weighted by atomic mass is 16.5. The van der Waals surface area contributed by atoms with Gasteiger partial charge in [-0.25, -0.2) is 0 Å². The minimum Gasteiger partial charge on any atom is -0.490 e. The van der Waals surface area contributed by atoms with Gasteiger partial charge in [0, 0.05) is 6.42 Å². The summed E-state index contributed by atoms with van der Waals surface area (Å²) in [7, 11) is 0. The molecule has 0 bridgehead atoms. The van der Waals surface area contributed by atoms with Crippen LogP contribution in [-0.4, -0.2) is 68.8 Å². The largest absolute Gasteiger partial charge is 0.490 e. The van der Waals surface area contributed by atoms with E-state index >= 15 is 0 Å². The maximum atomic E-state index is 10.5. The van der Waals surface area contributed by atoms with Crippen molar-refractivity contribution >= 4 is 0 Å². The van der Waals surface area contributed by atoms with E-state index in [-0.39, 0.29) is 12.2 Å². The average molecular weight is 459 g/mol. The summed E-state index contributed by atoms with van der Waals surface area (Å²) in [5, 5.41) is 49.9. The summed E-state index contributed by atoms with van der Waals surface area (Å²) >= 11 is 0. The van der Waals surface area contributed by atoms with Crippen molar-refractivity contribution in [1.82, 2.24) is 0 Å². The lowest BCUT2D eigenvalue weighted by Crippen LogP contribution is -2.55. The summed E-state index contributed by atoms with van der Waals surface area (Å²) in [4.78, 5) is 0. The van der Waals surface area contributed by atoms with E-state index in [2.05, 4.69) is 0 Å². The Morgan fingerprint density at radius 1 is 0.939 bits per heavy atom. The van der Waals surface area contributed by atoms with Gasteiger partial charge in [0.2, 0.25) is 0 Å². The van der Waals surface area contributed by atoms with E-state index in [0.29, 0.717) is 18.4 Å². The van der Waals surface area contributed by atoms with E-state index in [1.165, 1.54) is 0 Å². The normalized spacial score (nSPS) is 32.5. The Morgan fingerprint density at radius 3 is 2.39 bits per heavy atom. The van der Waals surface area contributed by atoms with E-state index in [0.717, 1.165) is 41.7 Å². The Balaban J connectivity index is 1.46. The molecule has 1 aliphatic carbocycles. The number of hydrogen-bond donors (Lipinski definition) is 5. The summed E-state index contributed by atoms with van der Waals surface area (Å²) < 4.78 is 11.7. The summed E-state index contributed by atoms with van der Waals surface area (Å²) in [6.45, 7) is 1.56. The molecule has 7 nitrogen and oxygen atoms in total. The van der Waals surface area contributed by atoms with Crippen LogP contribution in [-0.2, 0) is 11.2 Å². The molecule has 5 N–H and O–H groups in total. The maximum Gasteiger partial charge on any atom is 0.119 e. The molecule has 1 heterocycles. The van der Waals surface area contributed by atoms with Gasteiger partial charge in [-0.1, -0.05) is 30.3 Å². The lowest BCUT2D eigenvalue weighted by atomic mass is 9.89. The molecular formula is C26H34O7. The van der Waals surface area contributed by atoms with Crippen molar-refractivity contribution < 1.29 is 35.0 Å². The van der Waals surface area contributed by atoms with Crippen molar-refractivity contribution in [3.8, 4) is 5.75 Å². The first-order valence-corrected chi connectivity index (χ1v) is 11.7. The number of aryl methyl sites for hydroxylation is 1. The lowest BCUT2D eigenvalue weighted by molar-refractivity contribution is -0.231. The van der Waals surface area contributed by atoms with Gasteiger partial charge in [0.15, 0.2) is 0 Å². The van der Waals surface area contributed by atoms with Crippen LogP contribution in [0.1, 0.15) is 54.0 Å². The Kier molecular flexibility index (Phi) is 7.69. The molecular weight excluding hydrogens is 424 g/mol. The quantitative estimate of drug-likeness (QED) is 0.448. The molecule has 0 spiro atoms. The SMILES string of the molecule is Cc1ccc([C@@H]2O[C@H](CO)[C@@H](O)[C@H](O)[C@H]2O)cc1Cc1ccc(O[C@@H]2CCC[C@@H](O)C2)cc1.